The lowest BCUT2D eigenvalue weighted by Crippen LogP contribution is -2.51. The first-order valence-corrected chi connectivity index (χ1v) is 17.1. The van der Waals surface area contributed by atoms with Gasteiger partial charge in [0.05, 0.1) is 25.9 Å². The van der Waals surface area contributed by atoms with Crippen LogP contribution in [0.3, 0.4) is 0 Å². The Morgan fingerprint density at radius 1 is 1.08 bits per heavy atom. The first-order valence-electron chi connectivity index (χ1n) is 15.6. The van der Waals surface area contributed by atoms with Gasteiger partial charge in [-0.25, -0.2) is 9.65 Å². The fourth-order valence-corrected chi connectivity index (χ4v) is 10.9. The molecular formula is C31H54NO4P. The van der Waals surface area contributed by atoms with Crippen LogP contribution in [0.15, 0.2) is 11.6 Å². The molecule has 1 aliphatic heterocycles. The highest BCUT2D eigenvalue weighted by Gasteiger charge is 2.59. The second-order valence-electron chi connectivity index (χ2n) is 14.1. The van der Waals surface area contributed by atoms with Crippen LogP contribution in [0, 0.1) is 46.3 Å². The van der Waals surface area contributed by atoms with E-state index in [2.05, 4.69) is 45.8 Å². The van der Waals surface area contributed by atoms with Gasteiger partial charge in [-0.3, -0.25) is 9.05 Å². The van der Waals surface area contributed by atoms with Crippen LogP contribution in [0.5, 0.6) is 0 Å². The van der Waals surface area contributed by atoms with Crippen LogP contribution in [0.1, 0.15) is 105 Å². The topological polar surface area (TPSA) is 56.8 Å². The number of allylic oxidation sites excluding steroid dienone is 1. The van der Waals surface area contributed by atoms with Crippen molar-refractivity contribution in [3.8, 4) is 0 Å². The number of hydrogen-bond acceptors (Lipinski definition) is 4. The molecular weight excluding hydrogens is 481 g/mol. The van der Waals surface area contributed by atoms with E-state index >= 15 is 0 Å². The van der Waals surface area contributed by atoms with Gasteiger partial charge in [-0.05, 0) is 97.7 Å². The van der Waals surface area contributed by atoms with Gasteiger partial charge in [0.2, 0.25) is 0 Å². The maximum absolute atomic E-state index is 12.2. The minimum atomic E-state index is -3.07. The zero-order chi connectivity index (χ0) is 26.3. The fourth-order valence-electron chi connectivity index (χ4n) is 9.64. The van der Waals surface area contributed by atoms with Crippen molar-refractivity contribution in [1.29, 1.82) is 0 Å². The number of rotatable bonds is 10. The van der Waals surface area contributed by atoms with Crippen molar-refractivity contribution < 1.29 is 18.3 Å². The Morgan fingerprint density at radius 3 is 2.68 bits per heavy atom. The molecule has 6 heteroatoms. The maximum Gasteiger partial charge on any atom is 0.405 e. The molecule has 0 spiro atoms. The highest BCUT2D eigenvalue weighted by atomic mass is 31.2. The summed E-state index contributed by atoms with van der Waals surface area (Å²) < 4.78 is 29.1. The Balaban J connectivity index is 1.17. The van der Waals surface area contributed by atoms with Crippen LogP contribution >= 0.6 is 7.75 Å². The van der Waals surface area contributed by atoms with Crippen LogP contribution < -0.4 is 5.09 Å². The molecule has 1 saturated heterocycles. The molecule has 5 rings (SSSR count). The summed E-state index contributed by atoms with van der Waals surface area (Å²) in [5.41, 5.74) is 2.58. The summed E-state index contributed by atoms with van der Waals surface area (Å²) in [6.45, 7) is 14.4. The number of fused-ring (bicyclic) bond motifs is 5. The van der Waals surface area contributed by atoms with Crippen LogP contribution in [0.2, 0.25) is 0 Å². The Bertz CT molecular complexity index is 865. The van der Waals surface area contributed by atoms with Crippen molar-refractivity contribution in [2.75, 3.05) is 26.4 Å². The zero-order valence-electron chi connectivity index (χ0n) is 24.3. The van der Waals surface area contributed by atoms with E-state index in [0.29, 0.717) is 37.2 Å². The minimum absolute atomic E-state index is 0.259. The summed E-state index contributed by atoms with van der Waals surface area (Å²) in [6.07, 6.45) is 17.6. The van der Waals surface area contributed by atoms with E-state index in [9.17, 15) is 4.57 Å². The van der Waals surface area contributed by atoms with Crippen molar-refractivity contribution >= 4 is 7.75 Å². The summed E-state index contributed by atoms with van der Waals surface area (Å²) in [7, 11) is -3.07. The van der Waals surface area contributed by atoms with E-state index in [1.807, 2.05) is 0 Å². The van der Waals surface area contributed by atoms with Crippen molar-refractivity contribution in [3.05, 3.63) is 11.6 Å². The molecule has 4 fully saturated rings. The molecule has 37 heavy (non-hydrogen) atoms. The monoisotopic (exact) mass is 535 g/mol. The van der Waals surface area contributed by atoms with Crippen molar-refractivity contribution in [1.82, 2.24) is 5.09 Å². The van der Waals surface area contributed by atoms with Gasteiger partial charge in [0.1, 0.15) is 0 Å². The van der Waals surface area contributed by atoms with E-state index in [1.54, 1.807) is 5.57 Å². The number of hydrogen-bond donors (Lipinski definition) is 1. The molecule has 4 unspecified atom stereocenters. The Morgan fingerprint density at radius 2 is 1.92 bits per heavy atom. The van der Waals surface area contributed by atoms with Crippen LogP contribution in [-0.4, -0.2) is 32.5 Å². The maximum atomic E-state index is 12.2. The molecule has 5 aliphatic rings. The third-order valence-corrected chi connectivity index (χ3v) is 13.3. The molecule has 0 aromatic carbocycles. The molecule has 1 heterocycles. The van der Waals surface area contributed by atoms with Gasteiger partial charge in [0.15, 0.2) is 0 Å². The Hall–Kier alpha value is -0.190. The van der Waals surface area contributed by atoms with E-state index in [0.717, 1.165) is 48.3 Å². The lowest BCUT2D eigenvalue weighted by molar-refractivity contribution is -0.0654. The smallest absolute Gasteiger partial charge is 0.375 e. The van der Waals surface area contributed by atoms with Crippen molar-refractivity contribution in [3.63, 3.8) is 0 Å². The molecule has 0 bridgehead atoms. The second kappa shape index (κ2) is 11.4. The van der Waals surface area contributed by atoms with Crippen molar-refractivity contribution in [2.45, 2.75) is 111 Å². The molecule has 9 atom stereocenters. The molecule has 1 N–H and O–H groups in total. The average molecular weight is 536 g/mol. The normalized spacial score (nSPS) is 44.3. The van der Waals surface area contributed by atoms with E-state index in [4.69, 9.17) is 13.8 Å². The predicted octanol–water partition coefficient (Wildman–Crippen LogP) is 8.16. The van der Waals surface area contributed by atoms with Crippen LogP contribution in [0.4, 0.5) is 0 Å². The van der Waals surface area contributed by atoms with Gasteiger partial charge in [-0.15, -0.1) is 0 Å². The highest BCUT2D eigenvalue weighted by molar-refractivity contribution is 7.51. The molecule has 212 valence electrons. The summed E-state index contributed by atoms with van der Waals surface area (Å²) in [4.78, 5) is 0. The van der Waals surface area contributed by atoms with Crippen LogP contribution in [0.25, 0.3) is 0 Å². The highest BCUT2D eigenvalue weighted by Crippen LogP contribution is 2.67. The SMILES string of the molecule is CC(C)CCC[C@@H](C)[C@H]1CCC2C3CC=C4C[C@@H](OCCOP5(=O)NCCO5)CC[C@]4(C)C3CC[C@@]21C. The Kier molecular flexibility index (Phi) is 8.70. The van der Waals surface area contributed by atoms with Gasteiger partial charge in [0.25, 0.3) is 0 Å². The average Bonchev–Trinajstić information content (AvgIpc) is 3.44. The van der Waals surface area contributed by atoms with E-state index < -0.39 is 7.75 Å². The first-order chi connectivity index (χ1) is 17.6. The van der Waals surface area contributed by atoms with Gasteiger partial charge in [-0.1, -0.05) is 65.5 Å². The largest absolute Gasteiger partial charge is 0.405 e. The molecule has 4 aliphatic carbocycles. The molecule has 0 aromatic rings. The van der Waals surface area contributed by atoms with Gasteiger partial charge in [-0.2, -0.15) is 0 Å². The number of nitrogens with one attached hydrogen (secondary N) is 1. The summed E-state index contributed by atoms with van der Waals surface area (Å²) in [5.74, 6) is 5.28. The Labute approximate surface area is 226 Å². The summed E-state index contributed by atoms with van der Waals surface area (Å²) in [5, 5.41) is 2.83. The molecule has 3 saturated carbocycles. The predicted molar refractivity (Wildman–Crippen MR) is 150 cm³/mol. The quantitative estimate of drug-likeness (QED) is 0.174. The van der Waals surface area contributed by atoms with Crippen molar-refractivity contribution in [2.24, 2.45) is 46.3 Å². The lowest BCUT2D eigenvalue weighted by Gasteiger charge is -2.58. The third kappa shape index (κ3) is 5.69. The number of ether oxygens (including phenoxy) is 1. The molecule has 0 aromatic heterocycles. The summed E-state index contributed by atoms with van der Waals surface area (Å²) in [6, 6.07) is 0. The van der Waals surface area contributed by atoms with E-state index in [-0.39, 0.29) is 6.10 Å². The lowest BCUT2D eigenvalue weighted by atomic mass is 9.47. The standard InChI is InChI=1S/C31H54NO4P/c1-22(2)7-6-8-23(3)27-11-12-28-26-10-9-24-21-25(34-19-20-36-37(33)32-17-18-35-37)13-15-30(24,4)29(26)14-16-31(27,28)5/h9,22-23,25-29H,6-8,10-21H2,1-5H3,(H,32,33)/t23-,25+,26?,27-,28?,29?,30+,31-,37?/m1/s1. The molecule has 5 nitrogen and oxygen atoms in total. The van der Waals surface area contributed by atoms with Gasteiger partial charge in [0, 0.05) is 6.54 Å². The van der Waals surface area contributed by atoms with Crippen LogP contribution in [-0.2, 0) is 18.3 Å². The summed E-state index contributed by atoms with van der Waals surface area (Å²) >= 11 is 0. The zero-order valence-corrected chi connectivity index (χ0v) is 25.2. The minimum Gasteiger partial charge on any atom is -0.375 e. The second-order valence-corrected chi connectivity index (χ2v) is 15.9. The van der Waals surface area contributed by atoms with Gasteiger partial charge >= 0.3 is 7.75 Å². The third-order valence-electron chi connectivity index (χ3n) is 11.6. The molecule has 0 amide bonds. The first kappa shape index (κ1) is 28.3. The van der Waals surface area contributed by atoms with Gasteiger partial charge < -0.3 is 4.74 Å². The van der Waals surface area contributed by atoms with E-state index in [1.165, 1.54) is 57.8 Å². The fraction of sp³-hybridized carbons (Fsp3) is 0.935. The molecule has 0 radical (unpaired) electrons.